The van der Waals surface area contributed by atoms with Crippen molar-refractivity contribution in [2.45, 2.75) is 39.5 Å². The fourth-order valence-corrected chi connectivity index (χ4v) is 2.75. The second-order valence-electron chi connectivity index (χ2n) is 6.26. The maximum absolute atomic E-state index is 12.6. The summed E-state index contributed by atoms with van der Waals surface area (Å²) >= 11 is 0. The first-order valence-corrected chi connectivity index (χ1v) is 9.16. The SMILES string of the molecule is CCCCc1ccc(C(=O)Oc2cc(CC)nn2-c2ccccc2)cc1. The molecule has 0 unspecified atom stereocenters. The smallest absolute Gasteiger partial charge is 0.344 e. The van der Waals surface area contributed by atoms with Gasteiger partial charge in [0.15, 0.2) is 0 Å². The molecule has 1 heterocycles. The molecule has 0 spiro atoms. The Kier molecular flexibility index (Phi) is 5.84. The van der Waals surface area contributed by atoms with E-state index >= 15 is 0 Å². The number of unbranched alkanes of at least 4 members (excludes halogenated alkanes) is 1. The predicted octanol–water partition coefficient (Wildman–Crippen LogP) is 5.00. The first-order valence-electron chi connectivity index (χ1n) is 9.16. The molecule has 26 heavy (non-hydrogen) atoms. The lowest BCUT2D eigenvalue weighted by molar-refractivity contribution is 0.0723. The number of benzene rings is 2. The van der Waals surface area contributed by atoms with E-state index in [2.05, 4.69) is 12.0 Å². The lowest BCUT2D eigenvalue weighted by Crippen LogP contribution is -2.11. The molecule has 0 aliphatic carbocycles. The molecule has 0 amide bonds. The summed E-state index contributed by atoms with van der Waals surface area (Å²) in [5, 5.41) is 4.53. The van der Waals surface area contributed by atoms with Crippen molar-refractivity contribution in [2.75, 3.05) is 0 Å². The quantitative estimate of drug-likeness (QED) is 0.565. The van der Waals surface area contributed by atoms with Crippen molar-refractivity contribution >= 4 is 5.97 Å². The lowest BCUT2D eigenvalue weighted by atomic mass is 10.1. The third kappa shape index (κ3) is 4.20. The summed E-state index contributed by atoms with van der Waals surface area (Å²) in [6.07, 6.45) is 4.12. The Hall–Kier alpha value is -2.88. The molecule has 0 bridgehead atoms. The minimum Gasteiger partial charge on any atom is -0.404 e. The highest BCUT2D eigenvalue weighted by molar-refractivity contribution is 5.91. The van der Waals surface area contributed by atoms with E-state index in [-0.39, 0.29) is 5.97 Å². The Bertz CT molecular complexity index is 852. The number of rotatable bonds is 7. The van der Waals surface area contributed by atoms with Crippen LogP contribution in [0.2, 0.25) is 0 Å². The van der Waals surface area contributed by atoms with Gasteiger partial charge in [-0.2, -0.15) is 5.10 Å². The molecule has 2 aromatic carbocycles. The van der Waals surface area contributed by atoms with E-state index < -0.39 is 0 Å². The van der Waals surface area contributed by atoms with Crippen molar-refractivity contribution in [3.05, 3.63) is 77.5 Å². The molecule has 0 radical (unpaired) electrons. The minimum atomic E-state index is -0.369. The van der Waals surface area contributed by atoms with Gasteiger partial charge in [0.05, 0.1) is 16.9 Å². The predicted molar refractivity (Wildman–Crippen MR) is 103 cm³/mol. The highest BCUT2D eigenvalue weighted by Crippen LogP contribution is 2.21. The van der Waals surface area contributed by atoms with E-state index in [0.717, 1.165) is 37.1 Å². The topological polar surface area (TPSA) is 44.1 Å². The fraction of sp³-hybridized carbons (Fsp3) is 0.273. The molecule has 0 aliphatic rings. The molecule has 3 rings (SSSR count). The van der Waals surface area contributed by atoms with E-state index in [1.165, 1.54) is 5.56 Å². The third-order valence-electron chi connectivity index (χ3n) is 4.30. The molecule has 0 N–H and O–H groups in total. The number of hydrogen-bond donors (Lipinski definition) is 0. The molecule has 4 heteroatoms. The molecule has 1 aromatic heterocycles. The van der Waals surface area contributed by atoms with Crippen molar-refractivity contribution < 1.29 is 9.53 Å². The summed E-state index contributed by atoms with van der Waals surface area (Å²) in [5.41, 5.74) is 3.53. The van der Waals surface area contributed by atoms with Crippen molar-refractivity contribution in [2.24, 2.45) is 0 Å². The van der Waals surface area contributed by atoms with Crippen LogP contribution >= 0.6 is 0 Å². The Morgan fingerprint density at radius 2 is 1.77 bits per heavy atom. The Morgan fingerprint density at radius 1 is 1.04 bits per heavy atom. The van der Waals surface area contributed by atoms with Crippen LogP contribution in [0.4, 0.5) is 0 Å². The van der Waals surface area contributed by atoms with Crippen LogP contribution in [0.15, 0.2) is 60.7 Å². The van der Waals surface area contributed by atoms with Crippen molar-refractivity contribution in [1.82, 2.24) is 9.78 Å². The van der Waals surface area contributed by atoms with Gasteiger partial charge in [-0.15, -0.1) is 0 Å². The van der Waals surface area contributed by atoms with Crippen LogP contribution in [0.5, 0.6) is 5.88 Å². The zero-order valence-corrected chi connectivity index (χ0v) is 15.3. The fourth-order valence-electron chi connectivity index (χ4n) is 2.75. The molecule has 4 nitrogen and oxygen atoms in total. The molecule has 134 valence electrons. The van der Waals surface area contributed by atoms with E-state index in [1.54, 1.807) is 4.68 Å². The average molecular weight is 348 g/mol. The van der Waals surface area contributed by atoms with Crippen LogP contribution in [0.25, 0.3) is 5.69 Å². The van der Waals surface area contributed by atoms with Gasteiger partial charge in [0.2, 0.25) is 5.88 Å². The first-order chi connectivity index (χ1) is 12.7. The number of ether oxygens (including phenoxy) is 1. The molecule has 0 saturated carbocycles. The number of aromatic nitrogens is 2. The summed E-state index contributed by atoms with van der Waals surface area (Å²) in [7, 11) is 0. The third-order valence-corrected chi connectivity index (χ3v) is 4.30. The van der Waals surface area contributed by atoms with Gasteiger partial charge < -0.3 is 4.74 Å². The lowest BCUT2D eigenvalue weighted by Gasteiger charge is -2.08. The van der Waals surface area contributed by atoms with E-state index in [0.29, 0.717) is 11.4 Å². The highest BCUT2D eigenvalue weighted by Gasteiger charge is 2.15. The van der Waals surface area contributed by atoms with Gasteiger partial charge in [-0.1, -0.05) is 50.6 Å². The Morgan fingerprint density at radius 3 is 2.42 bits per heavy atom. The molecule has 3 aromatic rings. The maximum Gasteiger partial charge on any atom is 0.344 e. The number of para-hydroxylation sites is 1. The molecule has 0 fully saturated rings. The van der Waals surface area contributed by atoms with E-state index in [9.17, 15) is 4.79 Å². The number of carbonyl (C=O) groups is 1. The standard InChI is InChI=1S/C22H24N2O2/c1-3-5-9-17-12-14-18(15-13-17)22(25)26-21-16-19(4-2)23-24(21)20-10-7-6-8-11-20/h6-8,10-16H,3-5,9H2,1-2H3. The van der Waals surface area contributed by atoms with Crippen molar-refractivity contribution in [3.63, 3.8) is 0 Å². The van der Waals surface area contributed by atoms with Crippen LogP contribution in [0, 0.1) is 0 Å². The van der Waals surface area contributed by atoms with Crippen LogP contribution in [-0.4, -0.2) is 15.7 Å². The maximum atomic E-state index is 12.6. The van der Waals surface area contributed by atoms with Crippen LogP contribution in [-0.2, 0) is 12.8 Å². The van der Waals surface area contributed by atoms with Gasteiger partial charge in [0.25, 0.3) is 0 Å². The Balaban J connectivity index is 1.80. The number of carbonyl (C=O) groups excluding carboxylic acids is 1. The summed E-state index contributed by atoms with van der Waals surface area (Å²) < 4.78 is 7.32. The van der Waals surface area contributed by atoms with Gasteiger partial charge in [-0.3, -0.25) is 0 Å². The van der Waals surface area contributed by atoms with Crippen molar-refractivity contribution in [3.8, 4) is 11.6 Å². The summed E-state index contributed by atoms with van der Waals surface area (Å²) in [6.45, 7) is 4.20. The normalized spacial score (nSPS) is 10.7. The molecular formula is C22H24N2O2. The number of esters is 1. The van der Waals surface area contributed by atoms with Crippen LogP contribution < -0.4 is 4.74 Å². The van der Waals surface area contributed by atoms with Gasteiger partial charge in [-0.25, -0.2) is 9.48 Å². The van der Waals surface area contributed by atoms with Crippen LogP contribution in [0.3, 0.4) is 0 Å². The number of aryl methyl sites for hydroxylation is 2. The number of hydrogen-bond acceptors (Lipinski definition) is 3. The average Bonchev–Trinajstić information content (AvgIpc) is 3.10. The highest BCUT2D eigenvalue weighted by atomic mass is 16.5. The summed E-state index contributed by atoms with van der Waals surface area (Å²) in [5.74, 6) is 0.0693. The van der Waals surface area contributed by atoms with Crippen molar-refractivity contribution in [1.29, 1.82) is 0 Å². The monoisotopic (exact) mass is 348 g/mol. The zero-order chi connectivity index (χ0) is 18.4. The van der Waals surface area contributed by atoms with Gasteiger partial charge in [-0.05, 0) is 49.1 Å². The van der Waals surface area contributed by atoms with Gasteiger partial charge in [0.1, 0.15) is 0 Å². The summed E-state index contributed by atoms with van der Waals surface area (Å²) in [4.78, 5) is 12.6. The zero-order valence-electron chi connectivity index (χ0n) is 15.3. The van der Waals surface area contributed by atoms with E-state index in [4.69, 9.17) is 4.74 Å². The minimum absolute atomic E-state index is 0.369. The molecule has 0 atom stereocenters. The first kappa shape index (κ1) is 17.9. The second-order valence-corrected chi connectivity index (χ2v) is 6.26. The number of nitrogens with zero attached hydrogens (tertiary/aromatic N) is 2. The molecule has 0 saturated heterocycles. The molecular weight excluding hydrogens is 324 g/mol. The largest absolute Gasteiger partial charge is 0.404 e. The van der Waals surface area contributed by atoms with Crippen LogP contribution in [0.1, 0.15) is 48.3 Å². The summed E-state index contributed by atoms with van der Waals surface area (Å²) in [6, 6.07) is 19.2. The van der Waals surface area contributed by atoms with E-state index in [1.807, 2.05) is 67.6 Å². The second kappa shape index (κ2) is 8.48. The molecule has 0 aliphatic heterocycles. The van der Waals surface area contributed by atoms with Gasteiger partial charge in [0, 0.05) is 6.07 Å². The van der Waals surface area contributed by atoms with Gasteiger partial charge >= 0.3 is 5.97 Å². The Labute approximate surface area is 154 Å².